The van der Waals surface area contributed by atoms with Gasteiger partial charge in [-0.2, -0.15) is 5.10 Å². The fourth-order valence-corrected chi connectivity index (χ4v) is 3.48. The van der Waals surface area contributed by atoms with E-state index in [1.54, 1.807) is 12.1 Å². The largest absolute Gasteiger partial charge is 0.507 e. The number of phenolic OH excluding ortho intramolecular Hbond substituents is 1. The lowest BCUT2D eigenvalue weighted by molar-refractivity contribution is -0.384. The molecule has 3 aromatic carbocycles. The Morgan fingerprint density at radius 3 is 2.55 bits per heavy atom. The maximum absolute atomic E-state index is 12.5. The van der Waals surface area contributed by atoms with Gasteiger partial charge in [-0.1, -0.05) is 24.3 Å². The summed E-state index contributed by atoms with van der Waals surface area (Å²) < 4.78 is 5.36. The summed E-state index contributed by atoms with van der Waals surface area (Å²) in [4.78, 5) is 25.3. The summed E-state index contributed by atoms with van der Waals surface area (Å²) in [5.74, 6) is -0.742. The van der Waals surface area contributed by atoms with Crippen molar-refractivity contribution in [2.45, 2.75) is 0 Å². The van der Waals surface area contributed by atoms with E-state index in [4.69, 9.17) is 4.74 Å². The lowest BCUT2D eigenvalue weighted by Crippen LogP contribution is -2.36. The van der Waals surface area contributed by atoms with Gasteiger partial charge < -0.3 is 14.7 Å². The van der Waals surface area contributed by atoms with Gasteiger partial charge in [-0.15, -0.1) is 0 Å². The highest BCUT2D eigenvalue weighted by molar-refractivity contribution is 6.02. The standard InChI is InChI=1S/C22H20N4O5/c27-21-13-16-4-2-1-3-15(16)12-19(21)22(28)24-23-14-17-11-18(26(29)30)5-6-20(17)25-7-9-31-10-8-25/h1-6,11-14,27H,7-10H2,(H,24,28). The van der Waals surface area contributed by atoms with E-state index in [9.17, 15) is 20.0 Å². The number of amides is 1. The number of nitrogens with zero attached hydrogens (tertiary/aromatic N) is 3. The van der Waals surface area contributed by atoms with E-state index in [0.717, 1.165) is 16.5 Å². The molecule has 0 aliphatic carbocycles. The van der Waals surface area contributed by atoms with E-state index in [1.165, 1.54) is 24.4 Å². The van der Waals surface area contributed by atoms with Crippen molar-refractivity contribution in [1.82, 2.24) is 5.43 Å². The van der Waals surface area contributed by atoms with Gasteiger partial charge >= 0.3 is 0 Å². The maximum Gasteiger partial charge on any atom is 0.275 e. The number of hydrogen-bond acceptors (Lipinski definition) is 7. The molecular formula is C22H20N4O5. The van der Waals surface area contributed by atoms with Gasteiger partial charge in [-0.25, -0.2) is 5.43 Å². The predicted molar refractivity (Wildman–Crippen MR) is 117 cm³/mol. The number of nitro benzene ring substituents is 1. The molecule has 3 aromatic rings. The zero-order valence-corrected chi connectivity index (χ0v) is 16.5. The van der Waals surface area contributed by atoms with Crippen LogP contribution >= 0.6 is 0 Å². The van der Waals surface area contributed by atoms with Gasteiger partial charge in [0.1, 0.15) is 5.75 Å². The topological polar surface area (TPSA) is 117 Å². The molecule has 1 aliphatic heterocycles. The first-order chi connectivity index (χ1) is 15.0. The minimum Gasteiger partial charge on any atom is -0.507 e. The monoisotopic (exact) mass is 420 g/mol. The highest BCUT2D eigenvalue weighted by atomic mass is 16.6. The Labute approximate surface area is 177 Å². The van der Waals surface area contributed by atoms with Crippen molar-refractivity contribution in [3.05, 3.63) is 75.8 Å². The molecule has 0 spiro atoms. The summed E-state index contributed by atoms with van der Waals surface area (Å²) in [6.07, 6.45) is 1.37. The minimum absolute atomic E-state index is 0.0723. The average Bonchev–Trinajstić information content (AvgIpc) is 2.79. The lowest BCUT2D eigenvalue weighted by atomic mass is 10.1. The first-order valence-electron chi connectivity index (χ1n) is 9.69. The van der Waals surface area contributed by atoms with Gasteiger partial charge in [0.15, 0.2) is 0 Å². The van der Waals surface area contributed by atoms with Crippen molar-refractivity contribution in [3.8, 4) is 5.75 Å². The number of hydrogen-bond donors (Lipinski definition) is 2. The molecule has 0 atom stereocenters. The van der Waals surface area contributed by atoms with Crippen molar-refractivity contribution in [1.29, 1.82) is 0 Å². The molecule has 0 saturated carbocycles. The highest BCUT2D eigenvalue weighted by Crippen LogP contribution is 2.26. The van der Waals surface area contributed by atoms with Crippen molar-refractivity contribution < 1.29 is 19.6 Å². The summed E-state index contributed by atoms with van der Waals surface area (Å²) in [7, 11) is 0. The second-order valence-corrected chi connectivity index (χ2v) is 7.02. The maximum atomic E-state index is 12.5. The molecule has 31 heavy (non-hydrogen) atoms. The highest BCUT2D eigenvalue weighted by Gasteiger charge is 2.17. The Hall–Kier alpha value is -3.98. The number of aromatic hydroxyl groups is 1. The van der Waals surface area contributed by atoms with E-state index < -0.39 is 10.8 Å². The second-order valence-electron chi connectivity index (χ2n) is 7.02. The van der Waals surface area contributed by atoms with E-state index in [0.29, 0.717) is 31.9 Å². The number of nitrogens with one attached hydrogen (secondary N) is 1. The van der Waals surface area contributed by atoms with Gasteiger partial charge in [0.05, 0.1) is 29.9 Å². The number of carbonyl (C=O) groups excluding carboxylic acids is 1. The number of fused-ring (bicyclic) bond motifs is 1. The molecule has 9 nitrogen and oxygen atoms in total. The van der Waals surface area contributed by atoms with Crippen LogP contribution in [0.2, 0.25) is 0 Å². The summed E-state index contributed by atoms with van der Waals surface area (Å²) >= 11 is 0. The van der Waals surface area contributed by atoms with Crippen molar-refractivity contribution in [2.24, 2.45) is 5.10 Å². The van der Waals surface area contributed by atoms with Crippen LogP contribution in [0.4, 0.5) is 11.4 Å². The molecule has 0 bridgehead atoms. The third-order valence-corrected chi connectivity index (χ3v) is 5.05. The first kappa shape index (κ1) is 20.3. The number of benzene rings is 3. The Morgan fingerprint density at radius 1 is 1.13 bits per heavy atom. The number of ether oxygens (including phenoxy) is 1. The molecule has 1 saturated heterocycles. The third-order valence-electron chi connectivity index (χ3n) is 5.05. The van der Waals surface area contributed by atoms with Crippen LogP contribution < -0.4 is 10.3 Å². The normalized spacial score (nSPS) is 14.1. The molecule has 0 radical (unpaired) electrons. The smallest absolute Gasteiger partial charge is 0.275 e. The van der Waals surface area contributed by atoms with Crippen molar-refractivity contribution >= 4 is 34.3 Å². The van der Waals surface area contributed by atoms with Crippen LogP contribution in [0.1, 0.15) is 15.9 Å². The lowest BCUT2D eigenvalue weighted by Gasteiger charge is -2.29. The van der Waals surface area contributed by atoms with Crippen LogP contribution in [0.25, 0.3) is 10.8 Å². The van der Waals surface area contributed by atoms with Crippen molar-refractivity contribution in [3.63, 3.8) is 0 Å². The number of non-ortho nitro benzene ring substituents is 1. The van der Waals surface area contributed by atoms with E-state index in [1.807, 2.05) is 29.2 Å². The predicted octanol–water partition coefficient (Wildman–Crippen LogP) is 3.05. The summed E-state index contributed by atoms with van der Waals surface area (Å²) in [5, 5.41) is 27.0. The fourth-order valence-electron chi connectivity index (χ4n) is 3.48. The van der Waals surface area contributed by atoms with Crippen LogP contribution in [0.5, 0.6) is 5.75 Å². The van der Waals surface area contributed by atoms with E-state index in [2.05, 4.69) is 10.5 Å². The van der Waals surface area contributed by atoms with Crippen molar-refractivity contribution in [2.75, 3.05) is 31.2 Å². The molecule has 1 fully saturated rings. The van der Waals surface area contributed by atoms with E-state index >= 15 is 0 Å². The zero-order valence-electron chi connectivity index (χ0n) is 16.5. The molecule has 1 heterocycles. The molecule has 1 aliphatic rings. The Bertz CT molecular complexity index is 1170. The van der Waals surface area contributed by atoms with Crippen LogP contribution in [-0.2, 0) is 4.74 Å². The molecule has 9 heteroatoms. The molecule has 0 aromatic heterocycles. The number of nitro groups is 1. The molecule has 2 N–H and O–H groups in total. The molecular weight excluding hydrogens is 400 g/mol. The fraction of sp³-hybridized carbons (Fsp3) is 0.182. The van der Waals surface area contributed by atoms with Gasteiger partial charge in [0.2, 0.25) is 0 Å². The van der Waals surface area contributed by atoms with Gasteiger partial charge in [-0.05, 0) is 29.0 Å². The van der Waals surface area contributed by atoms with Crippen LogP contribution in [0.15, 0.2) is 59.7 Å². The van der Waals surface area contributed by atoms with Gasteiger partial charge in [-0.3, -0.25) is 14.9 Å². The molecule has 1 amide bonds. The SMILES string of the molecule is O=C(NN=Cc1cc([N+](=O)[O-])ccc1N1CCOCC1)c1cc2ccccc2cc1O. The van der Waals surface area contributed by atoms with Gasteiger partial charge in [0.25, 0.3) is 11.6 Å². The molecule has 158 valence electrons. The summed E-state index contributed by atoms with van der Waals surface area (Å²) in [5.41, 5.74) is 3.67. The van der Waals surface area contributed by atoms with Crippen LogP contribution in [-0.4, -0.2) is 48.5 Å². The number of phenols is 1. The number of hydrazone groups is 1. The second kappa shape index (κ2) is 8.80. The number of rotatable bonds is 5. The number of carbonyl (C=O) groups is 1. The Balaban J connectivity index is 1.57. The summed E-state index contributed by atoms with van der Waals surface area (Å²) in [6.45, 7) is 2.42. The zero-order chi connectivity index (χ0) is 21.8. The quantitative estimate of drug-likeness (QED) is 0.372. The first-order valence-corrected chi connectivity index (χ1v) is 9.69. The summed E-state index contributed by atoms with van der Waals surface area (Å²) in [6, 6.07) is 15.0. The Kier molecular flexibility index (Phi) is 5.76. The van der Waals surface area contributed by atoms with Crippen LogP contribution in [0, 0.1) is 10.1 Å². The third kappa shape index (κ3) is 4.46. The number of morpholine rings is 1. The molecule has 0 unspecified atom stereocenters. The molecule has 4 rings (SSSR count). The van der Waals surface area contributed by atoms with Gasteiger partial charge in [0, 0.05) is 36.5 Å². The minimum atomic E-state index is -0.585. The average molecular weight is 420 g/mol. The van der Waals surface area contributed by atoms with E-state index in [-0.39, 0.29) is 17.0 Å². The number of anilines is 1. The Morgan fingerprint density at radius 2 is 1.84 bits per heavy atom. The van der Waals surface area contributed by atoms with Crippen LogP contribution in [0.3, 0.4) is 0 Å².